The first-order valence-corrected chi connectivity index (χ1v) is 4.45. The average Bonchev–Trinajstić information content (AvgIpc) is 2.14. The van der Waals surface area contributed by atoms with Crippen molar-refractivity contribution < 1.29 is 19.5 Å². The highest BCUT2D eigenvalue weighted by molar-refractivity contribution is 5.89. The Morgan fingerprint density at radius 2 is 1.93 bits per heavy atom. The van der Waals surface area contributed by atoms with Crippen LogP contribution in [0.4, 0.5) is 0 Å². The summed E-state index contributed by atoms with van der Waals surface area (Å²) in [7, 11) is 0. The van der Waals surface area contributed by atoms with Crippen LogP contribution in [0.25, 0.3) is 0 Å². The lowest BCUT2D eigenvalue weighted by molar-refractivity contribution is -0.143. The van der Waals surface area contributed by atoms with E-state index in [9.17, 15) is 14.4 Å². The number of carbonyl (C=O) groups is 3. The number of hydrogen-bond donors (Lipinski definition) is 4. The van der Waals surface area contributed by atoms with E-state index in [1.54, 1.807) is 6.92 Å². The number of nitrogens with two attached hydrogens (primary N) is 2. The van der Waals surface area contributed by atoms with Gasteiger partial charge in [-0.15, -0.1) is 0 Å². The molecule has 0 bridgehead atoms. The Morgan fingerprint density at radius 3 is 2.27 bits per heavy atom. The summed E-state index contributed by atoms with van der Waals surface area (Å²) in [5.74, 6) is -2.72. The van der Waals surface area contributed by atoms with Crippen molar-refractivity contribution in [1.29, 1.82) is 0 Å². The summed E-state index contributed by atoms with van der Waals surface area (Å²) in [4.78, 5) is 32.3. The van der Waals surface area contributed by atoms with E-state index in [1.807, 2.05) is 0 Å². The van der Waals surface area contributed by atoms with Gasteiger partial charge in [0.1, 0.15) is 6.04 Å². The molecule has 0 aliphatic carbocycles. The second-order valence-electron chi connectivity index (χ2n) is 3.08. The number of amides is 2. The van der Waals surface area contributed by atoms with Crippen molar-refractivity contribution >= 4 is 17.8 Å². The number of nitrogens with one attached hydrogen (secondary N) is 1. The minimum atomic E-state index is -1.31. The van der Waals surface area contributed by atoms with Gasteiger partial charge in [-0.1, -0.05) is 6.92 Å². The molecular formula is C8H15N3O4. The summed E-state index contributed by atoms with van der Waals surface area (Å²) in [6, 6.07) is -2.09. The standard InChI is InChI=1S/C8H15N3O4/c1-2-4(9)7(13)11-5(8(14)15)3-6(10)12/h4-5H,2-3,9H2,1H3,(H2,10,12)(H,11,13)(H,14,15)/t4?,5-/m1/s1. The molecule has 0 spiro atoms. The van der Waals surface area contributed by atoms with Gasteiger partial charge in [-0.3, -0.25) is 9.59 Å². The molecule has 7 heteroatoms. The molecule has 2 amide bonds. The lowest BCUT2D eigenvalue weighted by atomic mass is 10.1. The van der Waals surface area contributed by atoms with Crippen molar-refractivity contribution in [3.8, 4) is 0 Å². The van der Waals surface area contributed by atoms with Crippen LogP contribution < -0.4 is 16.8 Å². The van der Waals surface area contributed by atoms with Crippen molar-refractivity contribution in [2.75, 3.05) is 0 Å². The van der Waals surface area contributed by atoms with Gasteiger partial charge in [0, 0.05) is 0 Å². The van der Waals surface area contributed by atoms with E-state index in [-0.39, 0.29) is 0 Å². The van der Waals surface area contributed by atoms with Crippen LogP contribution in [0.15, 0.2) is 0 Å². The van der Waals surface area contributed by atoms with Gasteiger partial charge in [0.25, 0.3) is 0 Å². The van der Waals surface area contributed by atoms with Crippen LogP contribution in [0.5, 0.6) is 0 Å². The van der Waals surface area contributed by atoms with Gasteiger partial charge in [-0.05, 0) is 6.42 Å². The van der Waals surface area contributed by atoms with Crippen LogP contribution in [0.1, 0.15) is 19.8 Å². The Morgan fingerprint density at radius 1 is 1.40 bits per heavy atom. The van der Waals surface area contributed by atoms with Crippen LogP contribution >= 0.6 is 0 Å². The Kier molecular flexibility index (Phi) is 5.32. The molecule has 86 valence electrons. The number of carboxylic acid groups (broad SMARTS) is 1. The van der Waals surface area contributed by atoms with E-state index in [0.717, 1.165) is 0 Å². The Balaban J connectivity index is 4.35. The number of hydrogen-bond acceptors (Lipinski definition) is 4. The van der Waals surface area contributed by atoms with Crippen LogP contribution in [-0.4, -0.2) is 35.0 Å². The topological polar surface area (TPSA) is 136 Å². The molecule has 0 aliphatic rings. The highest BCUT2D eigenvalue weighted by atomic mass is 16.4. The summed E-state index contributed by atoms with van der Waals surface area (Å²) < 4.78 is 0. The van der Waals surface area contributed by atoms with Gasteiger partial charge >= 0.3 is 5.97 Å². The number of primary amides is 1. The zero-order chi connectivity index (χ0) is 12.0. The van der Waals surface area contributed by atoms with Crippen molar-refractivity contribution in [3.63, 3.8) is 0 Å². The van der Waals surface area contributed by atoms with E-state index in [4.69, 9.17) is 16.6 Å². The number of carboxylic acids is 1. The predicted molar refractivity (Wildman–Crippen MR) is 51.6 cm³/mol. The third kappa shape index (κ3) is 4.96. The molecule has 6 N–H and O–H groups in total. The molecule has 15 heavy (non-hydrogen) atoms. The van der Waals surface area contributed by atoms with Gasteiger partial charge in [0.2, 0.25) is 11.8 Å². The lowest BCUT2D eigenvalue weighted by Crippen LogP contribution is -2.49. The van der Waals surface area contributed by atoms with E-state index in [1.165, 1.54) is 0 Å². The molecule has 7 nitrogen and oxygen atoms in total. The second-order valence-corrected chi connectivity index (χ2v) is 3.08. The van der Waals surface area contributed by atoms with E-state index >= 15 is 0 Å². The number of carbonyl (C=O) groups excluding carboxylic acids is 2. The summed E-state index contributed by atoms with van der Waals surface area (Å²) in [5.41, 5.74) is 10.2. The molecule has 0 heterocycles. The first-order chi connectivity index (χ1) is 6.88. The van der Waals surface area contributed by atoms with E-state index in [2.05, 4.69) is 5.32 Å². The number of rotatable bonds is 6. The van der Waals surface area contributed by atoms with Crippen molar-refractivity contribution in [1.82, 2.24) is 5.32 Å². The fourth-order valence-corrected chi connectivity index (χ4v) is 0.865. The maximum Gasteiger partial charge on any atom is 0.326 e. The van der Waals surface area contributed by atoms with E-state index in [0.29, 0.717) is 6.42 Å². The maximum absolute atomic E-state index is 11.2. The van der Waals surface area contributed by atoms with Gasteiger partial charge < -0.3 is 21.9 Å². The highest BCUT2D eigenvalue weighted by Crippen LogP contribution is 1.94. The van der Waals surface area contributed by atoms with Gasteiger partial charge in [0.05, 0.1) is 12.5 Å². The summed E-state index contributed by atoms with van der Waals surface area (Å²) in [5, 5.41) is 10.8. The molecule has 0 aromatic heterocycles. The lowest BCUT2D eigenvalue weighted by Gasteiger charge is -2.15. The van der Waals surface area contributed by atoms with Gasteiger partial charge in [0.15, 0.2) is 0 Å². The van der Waals surface area contributed by atoms with E-state index < -0.39 is 36.3 Å². The van der Waals surface area contributed by atoms with Crippen LogP contribution in [0.3, 0.4) is 0 Å². The van der Waals surface area contributed by atoms with Gasteiger partial charge in [-0.2, -0.15) is 0 Å². The molecule has 1 unspecified atom stereocenters. The fourth-order valence-electron chi connectivity index (χ4n) is 0.865. The Bertz CT molecular complexity index is 267. The SMILES string of the molecule is CCC(N)C(=O)N[C@H](CC(N)=O)C(=O)O. The molecule has 0 aromatic carbocycles. The normalized spacial score (nSPS) is 14.0. The molecular weight excluding hydrogens is 202 g/mol. The summed E-state index contributed by atoms with van der Waals surface area (Å²) in [6.07, 6.45) is -0.0632. The Labute approximate surface area is 86.8 Å². The molecule has 0 fully saturated rings. The van der Waals surface area contributed by atoms with Crippen molar-refractivity contribution in [3.05, 3.63) is 0 Å². The zero-order valence-corrected chi connectivity index (χ0v) is 8.40. The summed E-state index contributed by atoms with van der Waals surface area (Å²) in [6.45, 7) is 1.69. The molecule has 0 radical (unpaired) electrons. The summed E-state index contributed by atoms with van der Waals surface area (Å²) >= 11 is 0. The first-order valence-electron chi connectivity index (χ1n) is 4.45. The van der Waals surface area contributed by atoms with Crippen LogP contribution in [0.2, 0.25) is 0 Å². The fraction of sp³-hybridized carbons (Fsp3) is 0.625. The minimum Gasteiger partial charge on any atom is -0.480 e. The number of aliphatic carboxylic acids is 1. The molecule has 0 saturated carbocycles. The quantitative estimate of drug-likeness (QED) is 0.415. The average molecular weight is 217 g/mol. The highest BCUT2D eigenvalue weighted by Gasteiger charge is 2.23. The molecule has 0 aromatic rings. The smallest absolute Gasteiger partial charge is 0.326 e. The maximum atomic E-state index is 11.2. The first kappa shape index (κ1) is 13.4. The third-order valence-corrected chi connectivity index (χ3v) is 1.80. The second kappa shape index (κ2) is 5.97. The molecule has 0 rings (SSSR count). The zero-order valence-electron chi connectivity index (χ0n) is 8.40. The van der Waals surface area contributed by atoms with Crippen LogP contribution in [0, 0.1) is 0 Å². The van der Waals surface area contributed by atoms with Crippen molar-refractivity contribution in [2.45, 2.75) is 31.8 Å². The van der Waals surface area contributed by atoms with Gasteiger partial charge in [-0.25, -0.2) is 4.79 Å². The minimum absolute atomic E-state index is 0.384. The monoisotopic (exact) mass is 217 g/mol. The third-order valence-electron chi connectivity index (χ3n) is 1.80. The largest absolute Gasteiger partial charge is 0.480 e. The molecule has 2 atom stereocenters. The molecule has 0 aliphatic heterocycles. The Hall–Kier alpha value is -1.63. The molecule has 0 saturated heterocycles. The predicted octanol–water partition coefficient (Wildman–Crippen LogP) is -1.83. The van der Waals surface area contributed by atoms with Crippen molar-refractivity contribution in [2.24, 2.45) is 11.5 Å². The van der Waals surface area contributed by atoms with Crippen LogP contribution in [-0.2, 0) is 14.4 Å².